The molecule has 3 heterocycles. The quantitative estimate of drug-likeness (QED) is 0.677. The highest BCUT2D eigenvalue weighted by molar-refractivity contribution is 5.91. The summed E-state index contributed by atoms with van der Waals surface area (Å²) in [5, 5.41) is 13.3. The van der Waals surface area contributed by atoms with Gasteiger partial charge in [-0.25, -0.2) is 4.98 Å². The molecule has 8 heteroatoms. The third-order valence-electron chi connectivity index (χ3n) is 5.29. The smallest absolute Gasteiger partial charge is 0.246 e. The first kappa shape index (κ1) is 18.6. The SMILES string of the molecule is CC(=O)N[C@H]1CC2(CCN(C(=O)/C=C/c3cnc[nH]3)CC2)OC[C@]1(C)O. The van der Waals surface area contributed by atoms with Crippen molar-refractivity contribution in [1.82, 2.24) is 20.2 Å². The Morgan fingerprint density at radius 3 is 2.81 bits per heavy atom. The molecule has 2 atom stereocenters. The van der Waals surface area contributed by atoms with Crippen LogP contribution in [0.5, 0.6) is 0 Å². The molecule has 2 fully saturated rings. The van der Waals surface area contributed by atoms with E-state index in [1.54, 1.807) is 30.4 Å². The van der Waals surface area contributed by atoms with Crippen molar-refractivity contribution < 1.29 is 19.4 Å². The summed E-state index contributed by atoms with van der Waals surface area (Å²) in [4.78, 5) is 32.4. The van der Waals surface area contributed by atoms with Gasteiger partial charge in [0.05, 0.1) is 36.5 Å². The van der Waals surface area contributed by atoms with Gasteiger partial charge in [-0.05, 0) is 32.3 Å². The van der Waals surface area contributed by atoms with E-state index in [-0.39, 0.29) is 24.5 Å². The number of amides is 2. The van der Waals surface area contributed by atoms with Crippen molar-refractivity contribution in [3.63, 3.8) is 0 Å². The molecular weight excluding hydrogens is 336 g/mol. The monoisotopic (exact) mass is 362 g/mol. The van der Waals surface area contributed by atoms with E-state index in [0.29, 0.717) is 32.4 Å². The van der Waals surface area contributed by atoms with Gasteiger partial charge >= 0.3 is 0 Å². The van der Waals surface area contributed by atoms with Crippen LogP contribution in [-0.4, -0.2) is 68.7 Å². The zero-order valence-electron chi connectivity index (χ0n) is 15.2. The van der Waals surface area contributed by atoms with Crippen LogP contribution in [0.1, 0.15) is 38.8 Å². The molecule has 2 amide bonds. The number of rotatable bonds is 3. The van der Waals surface area contributed by atoms with Crippen molar-refractivity contribution in [2.45, 2.75) is 50.4 Å². The lowest BCUT2D eigenvalue weighted by atomic mass is 9.77. The van der Waals surface area contributed by atoms with Gasteiger partial charge < -0.3 is 25.0 Å². The summed E-state index contributed by atoms with van der Waals surface area (Å²) < 4.78 is 6.01. The lowest BCUT2D eigenvalue weighted by Crippen LogP contribution is -2.63. The highest BCUT2D eigenvalue weighted by Crippen LogP contribution is 2.38. The molecule has 1 aromatic rings. The molecule has 2 aliphatic heterocycles. The second kappa shape index (κ2) is 7.20. The van der Waals surface area contributed by atoms with Crippen LogP contribution in [0.3, 0.4) is 0 Å². The van der Waals surface area contributed by atoms with Crippen LogP contribution in [0.25, 0.3) is 6.08 Å². The Kier molecular flexibility index (Phi) is 5.15. The van der Waals surface area contributed by atoms with Gasteiger partial charge in [0, 0.05) is 26.1 Å². The van der Waals surface area contributed by atoms with Crippen LogP contribution < -0.4 is 5.32 Å². The minimum atomic E-state index is -1.09. The van der Waals surface area contributed by atoms with Crippen LogP contribution >= 0.6 is 0 Å². The largest absolute Gasteiger partial charge is 0.386 e. The van der Waals surface area contributed by atoms with Crippen LogP contribution in [0.2, 0.25) is 0 Å². The normalized spacial score (nSPS) is 28.4. The number of likely N-dealkylation sites (tertiary alicyclic amines) is 1. The van der Waals surface area contributed by atoms with Gasteiger partial charge in [0.1, 0.15) is 5.60 Å². The Labute approximate surface area is 152 Å². The first-order chi connectivity index (χ1) is 12.3. The molecule has 142 valence electrons. The summed E-state index contributed by atoms with van der Waals surface area (Å²) in [5.74, 6) is -0.209. The number of nitrogens with one attached hydrogen (secondary N) is 2. The van der Waals surface area contributed by atoms with Gasteiger partial charge in [-0.2, -0.15) is 0 Å². The predicted octanol–water partition coefficient (Wildman–Crippen LogP) is 0.460. The molecule has 0 bridgehead atoms. The van der Waals surface area contributed by atoms with E-state index in [1.165, 1.54) is 13.0 Å². The lowest BCUT2D eigenvalue weighted by molar-refractivity contribution is -0.193. The summed E-state index contributed by atoms with van der Waals surface area (Å²) in [6, 6.07) is -0.351. The van der Waals surface area contributed by atoms with Crippen LogP contribution in [0.15, 0.2) is 18.6 Å². The fourth-order valence-electron chi connectivity index (χ4n) is 3.61. The van der Waals surface area contributed by atoms with Crippen molar-refractivity contribution in [1.29, 1.82) is 0 Å². The summed E-state index contributed by atoms with van der Waals surface area (Å²) in [6.07, 6.45) is 8.38. The maximum atomic E-state index is 12.3. The first-order valence-electron chi connectivity index (χ1n) is 8.88. The van der Waals surface area contributed by atoms with E-state index in [0.717, 1.165) is 5.69 Å². The van der Waals surface area contributed by atoms with Crippen molar-refractivity contribution in [2.75, 3.05) is 19.7 Å². The van der Waals surface area contributed by atoms with Gasteiger partial charge in [0.15, 0.2) is 0 Å². The third-order valence-corrected chi connectivity index (χ3v) is 5.29. The molecule has 2 aliphatic rings. The summed E-state index contributed by atoms with van der Waals surface area (Å²) in [6.45, 7) is 4.47. The zero-order chi connectivity index (χ0) is 18.8. The number of aliphatic hydroxyl groups is 1. The molecule has 0 unspecified atom stereocenters. The number of H-pyrrole nitrogens is 1. The van der Waals surface area contributed by atoms with E-state index < -0.39 is 11.2 Å². The van der Waals surface area contributed by atoms with Gasteiger partial charge in [0.25, 0.3) is 0 Å². The standard InChI is InChI=1S/C18H26N4O4/c1-13(23)21-15-9-18(26-11-17(15,2)25)5-7-22(8-6-18)16(24)4-3-14-10-19-12-20-14/h3-4,10,12,15,25H,5-9,11H2,1-2H3,(H,19,20)(H,21,23)/b4-3+/t15-,17-/m0/s1. The summed E-state index contributed by atoms with van der Waals surface area (Å²) in [7, 11) is 0. The highest BCUT2D eigenvalue weighted by Gasteiger charge is 2.48. The Morgan fingerprint density at radius 2 is 2.19 bits per heavy atom. The molecule has 26 heavy (non-hydrogen) atoms. The molecule has 0 radical (unpaired) electrons. The van der Waals surface area contributed by atoms with Crippen molar-refractivity contribution >= 4 is 17.9 Å². The van der Waals surface area contributed by atoms with Crippen LogP contribution in [-0.2, 0) is 14.3 Å². The fourth-order valence-corrected chi connectivity index (χ4v) is 3.61. The Hall–Kier alpha value is -2.19. The van der Waals surface area contributed by atoms with Crippen molar-refractivity contribution in [3.05, 3.63) is 24.3 Å². The van der Waals surface area contributed by atoms with E-state index in [9.17, 15) is 14.7 Å². The first-order valence-corrected chi connectivity index (χ1v) is 8.88. The molecule has 3 N–H and O–H groups in total. The molecule has 0 saturated carbocycles. The molecule has 2 saturated heterocycles. The topological polar surface area (TPSA) is 108 Å². The minimum Gasteiger partial charge on any atom is -0.386 e. The third kappa shape index (κ3) is 4.13. The summed E-state index contributed by atoms with van der Waals surface area (Å²) >= 11 is 0. The number of piperidine rings is 1. The summed E-state index contributed by atoms with van der Waals surface area (Å²) in [5.41, 5.74) is -0.710. The second-order valence-electron chi connectivity index (χ2n) is 7.45. The number of aromatic nitrogens is 2. The highest BCUT2D eigenvalue weighted by atomic mass is 16.5. The number of ether oxygens (including phenoxy) is 1. The minimum absolute atomic E-state index is 0.0457. The Morgan fingerprint density at radius 1 is 1.46 bits per heavy atom. The zero-order valence-corrected chi connectivity index (χ0v) is 15.2. The lowest BCUT2D eigenvalue weighted by Gasteiger charge is -2.50. The molecule has 8 nitrogen and oxygen atoms in total. The number of nitrogens with zero attached hydrogens (tertiary/aromatic N) is 2. The van der Waals surface area contributed by atoms with Crippen molar-refractivity contribution in [2.24, 2.45) is 0 Å². The number of hydrogen-bond acceptors (Lipinski definition) is 5. The fraction of sp³-hybridized carbons (Fsp3) is 0.611. The van der Waals surface area contributed by atoms with E-state index in [2.05, 4.69) is 15.3 Å². The van der Waals surface area contributed by atoms with E-state index >= 15 is 0 Å². The second-order valence-corrected chi connectivity index (χ2v) is 7.45. The number of aromatic amines is 1. The van der Waals surface area contributed by atoms with Crippen LogP contribution in [0.4, 0.5) is 0 Å². The van der Waals surface area contributed by atoms with E-state index in [1.807, 2.05) is 0 Å². The predicted molar refractivity (Wildman–Crippen MR) is 95.0 cm³/mol. The maximum Gasteiger partial charge on any atom is 0.246 e. The van der Waals surface area contributed by atoms with Crippen LogP contribution in [0, 0.1) is 0 Å². The number of imidazole rings is 1. The average Bonchev–Trinajstić information content (AvgIpc) is 3.10. The van der Waals surface area contributed by atoms with Gasteiger partial charge in [-0.1, -0.05) is 0 Å². The molecule has 1 spiro atoms. The number of carbonyl (C=O) groups excluding carboxylic acids is 2. The van der Waals surface area contributed by atoms with Gasteiger partial charge in [0.2, 0.25) is 11.8 Å². The van der Waals surface area contributed by atoms with Gasteiger partial charge in [-0.15, -0.1) is 0 Å². The van der Waals surface area contributed by atoms with Gasteiger partial charge in [-0.3, -0.25) is 9.59 Å². The molecular formula is C18H26N4O4. The molecule has 0 aromatic carbocycles. The maximum absolute atomic E-state index is 12.3. The van der Waals surface area contributed by atoms with Crippen molar-refractivity contribution in [3.8, 4) is 0 Å². The Balaban J connectivity index is 1.58. The molecule has 1 aromatic heterocycles. The van der Waals surface area contributed by atoms with E-state index in [4.69, 9.17) is 4.74 Å². The Bertz CT molecular complexity index is 675. The average molecular weight is 362 g/mol. The number of carbonyl (C=O) groups is 2. The molecule has 3 rings (SSSR count). The number of hydrogen-bond donors (Lipinski definition) is 3. The molecule has 0 aliphatic carbocycles.